The number of aryl methyl sites for hydroxylation is 2. The van der Waals surface area contributed by atoms with E-state index >= 15 is 0 Å². The van der Waals surface area contributed by atoms with Gasteiger partial charge in [0.15, 0.2) is 5.89 Å². The smallest absolute Gasteiger partial charge is 0.194 e. The van der Waals surface area contributed by atoms with Crippen LogP contribution in [0.25, 0.3) is 0 Å². The van der Waals surface area contributed by atoms with E-state index in [0.29, 0.717) is 17.3 Å². The second-order valence-electron chi connectivity index (χ2n) is 3.42. The van der Waals surface area contributed by atoms with Gasteiger partial charge >= 0.3 is 0 Å². The van der Waals surface area contributed by atoms with Gasteiger partial charge in [-0.25, -0.2) is 4.98 Å². The lowest BCUT2D eigenvalue weighted by Crippen LogP contribution is -2.17. The first kappa shape index (κ1) is 9.26. The summed E-state index contributed by atoms with van der Waals surface area (Å²) in [7, 11) is 0. The second kappa shape index (κ2) is 2.90. The van der Waals surface area contributed by atoms with Crippen LogP contribution in [0.4, 0.5) is 0 Å². The fourth-order valence-electron chi connectivity index (χ4n) is 1.17. The molecule has 0 amide bonds. The standard InChI is InChI=1S/C9H15NO2/c1-5-7-10-8(6(2)12-7)9(3,4)11/h11H,5H2,1-4H3. The van der Waals surface area contributed by atoms with E-state index in [1.165, 1.54) is 0 Å². The molecule has 1 N–H and O–H groups in total. The zero-order valence-corrected chi connectivity index (χ0v) is 8.01. The Bertz CT molecular complexity index is 271. The van der Waals surface area contributed by atoms with E-state index in [-0.39, 0.29) is 0 Å². The number of rotatable bonds is 2. The Morgan fingerprint density at radius 3 is 2.33 bits per heavy atom. The monoisotopic (exact) mass is 169 g/mol. The molecule has 0 saturated heterocycles. The van der Waals surface area contributed by atoms with Crippen LogP contribution in [0.3, 0.4) is 0 Å². The fraction of sp³-hybridized carbons (Fsp3) is 0.667. The molecule has 1 heterocycles. The minimum atomic E-state index is -0.902. The molecule has 0 aliphatic carbocycles. The van der Waals surface area contributed by atoms with Gasteiger partial charge < -0.3 is 9.52 Å². The topological polar surface area (TPSA) is 46.3 Å². The van der Waals surface area contributed by atoms with Crippen LogP contribution >= 0.6 is 0 Å². The lowest BCUT2D eigenvalue weighted by molar-refractivity contribution is 0.0728. The van der Waals surface area contributed by atoms with Crippen LogP contribution in [0.15, 0.2) is 4.42 Å². The van der Waals surface area contributed by atoms with Crippen molar-refractivity contribution in [1.82, 2.24) is 4.98 Å². The third-order valence-electron chi connectivity index (χ3n) is 1.72. The lowest BCUT2D eigenvalue weighted by Gasteiger charge is -2.13. The summed E-state index contributed by atoms with van der Waals surface area (Å²) in [6.45, 7) is 7.20. The third kappa shape index (κ3) is 1.67. The normalized spacial score (nSPS) is 12.1. The van der Waals surface area contributed by atoms with Gasteiger partial charge in [0, 0.05) is 6.42 Å². The van der Waals surface area contributed by atoms with Crippen molar-refractivity contribution in [3.8, 4) is 0 Å². The quantitative estimate of drug-likeness (QED) is 0.734. The fourth-order valence-corrected chi connectivity index (χ4v) is 1.17. The van der Waals surface area contributed by atoms with Gasteiger partial charge in [0.05, 0.1) is 0 Å². The van der Waals surface area contributed by atoms with Gasteiger partial charge in [-0.05, 0) is 20.8 Å². The van der Waals surface area contributed by atoms with E-state index in [4.69, 9.17) is 4.42 Å². The molecular formula is C9H15NO2. The van der Waals surface area contributed by atoms with E-state index in [9.17, 15) is 5.11 Å². The molecule has 0 bridgehead atoms. The number of nitrogens with zero attached hydrogens (tertiary/aromatic N) is 1. The molecule has 0 aromatic carbocycles. The summed E-state index contributed by atoms with van der Waals surface area (Å²) in [6.07, 6.45) is 0.761. The Morgan fingerprint density at radius 1 is 1.50 bits per heavy atom. The summed E-state index contributed by atoms with van der Waals surface area (Å²) in [6, 6.07) is 0. The summed E-state index contributed by atoms with van der Waals surface area (Å²) in [4.78, 5) is 4.18. The molecule has 0 fully saturated rings. The predicted molar refractivity (Wildman–Crippen MR) is 45.9 cm³/mol. The van der Waals surface area contributed by atoms with Crippen LogP contribution in [0.1, 0.15) is 38.1 Å². The molecule has 0 radical (unpaired) electrons. The second-order valence-corrected chi connectivity index (χ2v) is 3.42. The molecule has 1 rings (SSSR count). The maximum Gasteiger partial charge on any atom is 0.194 e. The molecule has 3 heteroatoms. The van der Waals surface area contributed by atoms with E-state index in [1.807, 2.05) is 13.8 Å². The molecule has 0 spiro atoms. The Balaban J connectivity index is 3.08. The van der Waals surface area contributed by atoms with Crippen molar-refractivity contribution in [2.24, 2.45) is 0 Å². The van der Waals surface area contributed by atoms with E-state index in [0.717, 1.165) is 6.42 Å². The molecule has 68 valence electrons. The van der Waals surface area contributed by atoms with Gasteiger partial charge in [-0.2, -0.15) is 0 Å². The highest BCUT2D eigenvalue weighted by molar-refractivity contribution is 5.14. The molecule has 0 aliphatic rings. The summed E-state index contributed by atoms with van der Waals surface area (Å²) in [5.74, 6) is 1.39. The molecule has 0 atom stereocenters. The minimum absolute atomic E-state index is 0.638. The largest absolute Gasteiger partial charge is 0.446 e. The minimum Gasteiger partial charge on any atom is -0.446 e. The molecule has 0 unspecified atom stereocenters. The van der Waals surface area contributed by atoms with Crippen molar-refractivity contribution in [3.05, 3.63) is 17.3 Å². The predicted octanol–water partition coefficient (Wildman–Crippen LogP) is 1.77. The van der Waals surface area contributed by atoms with Gasteiger partial charge in [-0.1, -0.05) is 6.92 Å². The molecule has 0 saturated carbocycles. The summed E-state index contributed by atoms with van der Waals surface area (Å²) < 4.78 is 5.32. The highest BCUT2D eigenvalue weighted by atomic mass is 16.4. The van der Waals surface area contributed by atoms with Gasteiger partial charge in [-0.15, -0.1) is 0 Å². The van der Waals surface area contributed by atoms with Crippen LogP contribution < -0.4 is 0 Å². The maximum absolute atomic E-state index is 9.66. The number of aliphatic hydroxyl groups is 1. The Labute approximate surface area is 72.4 Å². The summed E-state index contributed by atoms with van der Waals surface area (Å²) in [5, 5.41) is 9.66. The van der Waals surface area contributed by atoms with Gasteiger partial charge in [0.1, 0.15) is 17.1 Å². The molecule has 0 aliphatic heterocycles. The average molecular weight is 169 g/mol. The van der Waals surface area contributed by atoms with E-state index < -0.39 is 5.60 Å². The van der Waals surface area contributed by atoms with Crippen molar-refractivity contribution in [2.45, 2.75) is 39.7 Å². The average Bonchev–Trinajstić information content (AvgIpc) is 2.29. The van der Waals surface area contributed by atoms with Crippen LogP contribution in [0.2, 0.25) is 0 Å². The zero-order valence-electron chi connectivity index (χ0n) is 8.01. The molecule has 1 aromatic rings. The zero-order chi connectivity index (χ0) is 9.35. The van der Waals surface area contributed by atoms with Crippen LogP contribution in [0, 0.1) is 6.92 Å². The maximum atomic E-state index is 9.66. The van der Waals surface area contributed by atoms with Crippen molar-refractivity contribution in [3.63, 3.8) is 0 Å². The van der Waals surface area contributed by atoms with Gasteiger partial charge in [0.2, 0.25) is 0 Å². The van der Waals surface area contributed by atoms with Crippen molar-refractivity contribution >= 4 is 0 Å². The summed E-state index contributed by atoms with van der Waals surface area (Å²) in [5.41, 5.74) is -0.263. The first-order valence-corrected chi connectivity index (χ1v) is 4.14. The van der Waals surface area contributed by atoms with Crippen LogP contribution in [0.5, 0.6) is 0 Å². The first-order valence-electron chi connectivity index (χ1n) is 4.14. The van der Waals surface area contributed by atoms with E-state index in [1.54, 1.807) is 13.8 Å². The van der Waals surface area contributed by atoms with Gasteiger partial charge in [0.25, 0.3) is 0 Å². The Hall–Kier alpha value is -0.830. The first-order chi connectivity index (χ1) is 5.45. The molecule has 12 heavy (non-hydrogen) atoms. The van der Waals surface area contributed by atoms with Gasteiger partial charge in [-0.3, -0.25) is 0 Å². The number of aromatic nitrogens is 1. The van der Waals surface area contributed by atoms with Crippen molar-refractivity contribution in [1.29, 1.82) is 0 Å². The Morgan fingerprint density at radius 2 is 2.08 bits per heavy atom. The lowest BCUT2D eigenvalue weighted by atomic mass is 10.0. The molecule has 3 nitrogen and oxygen atoms in total. The van der Waals surface area contributed by atoms with Crippen LogP contribution in [-0.4, -0.2) is 10.1 Å². The van der Waals surface area contributed by atoms with Crippen molar-refractivity contribution in [2.75, 3.05) is 0 Å². The third-order valence-corrected chi connectivity index (χ3v) is 1.72. The Kier molecular flexibility index (Phi) is 2.24. The number of oxazole rings is 1. The highest BCUT2D eigenvalue weighted by Gasteiger charge is 2.23. The SMILES string of the molecule is CCc1nc(C(C)(C)O)c(C)o1. The van der Waals surface area contributed by atoms with Crippen LogP contribution in [-0.2, 0) is 12.0 Å². The van der Waals surface area contributed by atoms with Crippen molar-refractivity contribution < 1.29 is 9.52 Å². The molecule has 1 aromatic heterocycles. The summed E-state index contributed by atoms with van der Waals surface area (Å²) >= 11 is 0. The molecular weight excluding hydrogens is 154 g/mol. The highest BCUT2D eigenvalue weighted by Crippen LogP contribution is 2.23. The number of hydrogen-bond acceptors (Lipinski definition) is 3. The van der Waals surface area contributed by atoms with E-state index in [2.05, 4.69) is 4.98 Å². The number of hydrogen-bond donors (Lipinski definition) is 1.